The van der Waals surface area contributed by atoms with Gasteiger partial charge in [0.2, 0.25) is 0 Å². The first kappa shape index (κ1) is 17.2. The van der Waals surface area contributed by atoms with Gasteiger partial charge in [-0.3, -0.25) is 4.79 Å². The summed E-state index contributed by atoms with van der Waals surface area (Å²) in [6.45, 7) is 3.68. The Morgan fingerprint density at radius 3 is 3.00 bits per heavy atom. The number of nitrogen functional groups attached to an aromatic ring is 1. The fraction of sp³-hybridized carbons (Fsp3) is 0.364. The molecule has 2 fully saturated rings. The van der Waals surface area contributed by atoms with Crippen molar-refractivity contribution in [3.8, 4) is 11.4 Å². The topological polar surface area (TPSA) is 90.8 Å². The third-order valence-corrected chi connectivity index (χ3v) is 7.64. The van der Waals surface area contributed by atoms with Crippen LogP contribution in [0.15, 0.2) is 34.4 Å². The first-order valence-electron chi connectivity index (χ1n) is 10.3. The number of thiophene rings is 1. The molecule has 29 heavy (non-hydrogen) atoms. The molecule has 0 aliphatic carbocycles. The molecule has 1 aromatic carbocycles. The molecule has 3 unspecified atom stereocenters. The number of benzene rings is 1. The first-order valence-corrected chi connectivity index (χ1v) is 11.2. The van der Waals surface area contributed by atoms with Crippen LogP contribution in [0.1, 0.15) is 30.7 Å². The van der Waals surface area contributed by atoms with Gasteiger partial charge in [0.15, 0.2) is 0 Å². The Morgan fingerprint density at radius 2 is 2.07 bits per heavy atom. The number of aromatic amines is 2. The Kier molecular flexibility index (Phi) is 3.82. The lowest BCUT2D eigenvalue weighted by Crippen LogP contribution is -2.43. The second-order valence-corrected chi connectivity index (χ2v) is 9.28. The number of nitrogens with zero attached hydrogens (tertiary/aromatic N) is 2. The zero-order chi connectivity index (χ0) is 19.5. The summed E-state index contributed by atoms with van der Waals surface area (Å²) in [5.41, 5.74) is 11.1. The number of rotatable bonds is 2. The Morgan fingerprint density at radius 1 is 1.14 bits per heavy atom. The molecule has 5 heterocycles. The fourth-order valence-electron chi connectivity index (χ4n) is 5.27. The van der Waals surface area contributed by atoms with Crippen LogP contribution in [-0.4, -0.2) is 39.5 Å². The van der Waals surface area contributed by atoms with Crippen molar-refractivity contribution in [2.45, 2.75) is 25.2 Å². The van der Waals surface area contributed by atoms with Gasteiger partial charge in [0, 0.05) is 6.54 Å². The molecular formula is C22H23N5OS. The first-order chi connectivity index (χ1) is 14.2. The smallest absolute Gasteiger partial charge is 0.261 e. The van der Waals surface area contributed by atoms with E-state index in [0.29, 0.717) is 23.0 Å². The van der Waals surface area contributed by atoms with E-state index in [1.807, 2.05) is 11.4 Å². The van der Waals surface area contributed by atoms with Gasteiger partial charge in [-0.2, -0.15) is 0 Å². The predicted molar refractivity (Wildman–Crippen MR) is 118 cm³/mol. The molecule has 0 spiro atoms. The summed E-state index contributed by atoms with van der Waals surface area (Å²) in [7, 11) is 0. The van der Waals surface area contributed by atoms with Gasteiger partial charge in [-0.15, -0.1) is 11.3 Å². The lowest BCUT2D eigenvalue weighted by atomic mass is 9.76. The summed E-state index contributed by atoms with van der Waals surface area (Å²) in [6.07, 6.45) is 3.85. The molecule has 6 nitrogen and oxygen atoms in total. The molecule has 7 heteroatoms. The van der Waals surface area contributed by atoms with Gasteiger partial charge in [-0.05, 0) is 73.3 Å². The molecule has 3 aromatic heterocycles. The van der Waals surface area contributed by atoms with E-state index in [-0.39, 0.29) is 5.56 Å². The number of hydrogen-bond acceptors (Lipinski definition) is 5. The zero-order valence-corrected chi connectivity index (χ0v) is 16.9. The highest BCUT2D eigenvalue weighted by Gasteiger charge is 2.33. The number of nitrogens with one attached hydrogen (secondary N) is 2. The normalized spacial score (nSPS) is 24.3. The number of fused-ring (bicyclic) bond motifs is 4. The SMILES string of the molecule is Nc1c(-c2nc3ccc(C4CCN5CCCC4C5)cc3[nH]2)c(=O)[nH]c2ccsc12. The molecule has 0 radical (unpaired) electrons. The quantitative estimate of drug-likeness (QED) is 0.471. The lowest BCUT2D eigenvalue weighted by Gasteiger charge is -2.42. The van der Waals surface area contributed by atoms with Gasteiger partial charge < -0.3 is 20.6 Å². The number of hydrogen-bond donors (Lipinski definition) is 3. The molecule has 0 saturated carbocycles. The number of aromatic nitrogens is 3. The molecule has 3 atom stereocenters. The van der Waals surface area contributed by atoms with E-state index in [1.54, 1.807) is 0 Å². The van der Waals surface area contributed by atoms with Crippen LogP contribution in [0.5, 0.6) is 0 Å². The number of H-pyrrole nitrogens is 2. The number of anilines is 1. The highest BCUT2D eigenvalue weighted by atomic mass is 32.1. The number of pyridine rings is 1. The van der Waals surface area contributed by atoms with E-state index < -0.39 is 0 Å². The summed E-state index contributed by atoms with van der Waals surface area (Å²) in [5, 5.41) is 1.93. The molecule has 4 N–H and O–H groups in total. The van der Waals surface area contributed by atoms with Crippen LogP contribution < -0.4 is 11.3 Å². The van der Waals surface area contributed by atoms with Crippen molar-refractivity contribution in [3.63, 3.8) is 0 Å². The number of nitrogens with two attached hydrogens (primary N) is 1. The van der Waals surface area contributed by atoms with Crippen LogP contribution in [0, 0.1) is 5.92 Å². The van der Waals surface area contributed by atoms with Gasteiger partial charge in [0.1, 0.15) is 11.4 Å². The molecule has 6 rings (SSSR count). The van der Waals surface area contributed by atoms with E-state index in [9.17, 15) is 4.79 Å². The maximum absolute atomic E-state index is 12.7. The molecular weight excluding hydrogens is 382 g/mol. The van der Waals surface area contributed by atoms with E-state index in [2.05, 4.69) is 38.1 Å². The zero-order valence-electron chi connectivity index (χ0n) is 16.1. The van der Waals surface area contributed by atoms with Crippen molar-refractivity contribution in [3.05, 3.63) is 45.6 Å². The molecule has 2 aliphatic rings. The van der Waals surface area contributed by atoms with E-state index in [0.717, 1.165) is 27.2 Å². The van der Waals surface area contributed by atoms with Crippen LogP contribution in [0.4, 0.5) is 5.69 Å². The van der Waals surface area contributed by atoms with Crippen LogP contribution >= 0.6 is 11.3 Å². The van der Waals surface area contributed by atoms with E-state index in [4.69, 9.17) is 5.73 Å². The van der Waals surface area contributed by atoms with Crippen molar-refractivity contribution in [2.24, 2.45) is 5.92 Å². The Hall–Kier alpha value is -2.64. The summed E-state index contributed by atoms with van der Waals surface area (Å²) >= 11 is 1.53. The maximum atomic E-state index is 12.7. The lowest BCUT2D eigenvalue weighted by molar-refractivity contribution is 0.105. The van der Waals surface area contributed by atoms with Gasteiger partial charge >= 0.3 is 0 Å². The molecule has 2 aliphatic heterocycles. The third-order valence-electron chi connectivity index (χ3n) is 6.69. The Labute approximate surface area is 171 Å². The number of imidazole rings is 1. The third kappa shape index (κ3) is 2.72. The minimum atomic E-state index is -0.206. The summed E-state index contributed by atoms with van der Waals surface area (Å²) in [5.74, 6) is 1.90. The average Bonchev–Trinajstić information content (AvgIpc) is 3.34. The highest BCUT2D eigenvalue weighted by Crippen LogP contribution is 2.39. The van der Waals surface area contributed by atoms with Crippen molar-refractivity contribution in [1.29, 1.82) is 0 Å². The summed E-state index contributed by atoms with van der Waals surface area (Å²) in [4.78, 5) is 26.2. The second kappa shape index (κ2) is 6.43. The van der Waals surface area contributed by atoms with E-state index in [1.165, 1.54) is 55.8 Å². The Bertz CT molecular complexity index is 1290. The monoisotopic (exact) mass is 405 g/mol. The number of piperidine rings is 2. The van der Waals surface area contributed by atoms with Gasteiger partial charge in [0.25, 0.3) is 5.56 Å². The predicted octanol–water partition coefficient (Wildman–Crippen LogP) is 3.91. The molecule has 2 bridgehead atoms. The average molecular weight is 406 g/mol. The van der Waals surface area contributed by atoms with Crippen molar-refractivity contribution in [1.82, 2.24) is 19.9 Å². The van der Waals surface area contributed by atoms with Crippen molar-refractivity contribution >= 4 is 38.3 Å². The Balaban J connectivity index is 1.42. The molecule has 0 amide bonds. The largest absolute Gasteiger partial charge is 0.397 e. The molecule has 148 valence electrons. The van der Waals surface area contributed by atoms with Crippen LogP contribution in [0.2, 0.25) is 0 Å². The van der Waals surface area contributed by atoms with Gasteiger partial charge in [-0.1, -0.05) is 6.07 Å². The summed E-state index contributed by atoms with van der Waals surface area (Å²) < 4.78 is 0.893. The summed E-state index contributed by atoms with van der Waals surface area (Å²) in [6, 6.07) is 8.41. The van der Waals surface area contributed by atoms with Gasteiger partial charge in [0.05, 0.1) is 26.9 Å². The molecule has 4 aromatic rings. The van der Waals surface area contributed by atoms with Gasteiger partial charge in [-0.25, -0.2) is 4.98 Å². The minimum Gasteiger partial charge on any atom is -0.397 e. The van der Waals surface area contributed by atoms with Crippen molar-refractivity contribution < 1.29 is 0 Å². The standard InChI is InChI=1S/C22H23N5OS/c23-19-18(22(28)26-16-6-9-29-20(16)19)21-24-15-4-3-12(10-17(15)25-21)14-5-8-27-7-1-2-13(14)11-27/h3-4,6,9-10,13-14H,1-2,5,7-8,11H2,(H,24,25)(H3,23,26,28). The highest BCUT2D eigenvalue weighted by molar-refractivity contribution is 7.17. The van der Waals surface area contributed by atoms with Crippen LogP contribution in [0.3, 0.4) is 0 Å². The van der Waals surface area contributed by atoms with Crippen LogP contribution in [-0.2, 0) is 0 Å². The van der Waals surface area contributed by atoms with Crippen LogP contribution in [0.25, 0.3) is 32.6 Å². The maximum Gasteiger partial charge on any atom is 0.261 e. The van der Waals surface area contributed by atoms with Crippen molar-refractivity contribution in [2.75, 3.05) is 25.4 Å². The van der Waals surface area contributed by atoms with E-state index >= 15 is 0 Å². The molecule has 2 saturated heterocycles. The minimum absolute atomic E-state index is 0.206. The second-order valence-electron chi connectivity index (χ2n) is 8.37. The fourth-order valence-corrected chi connectivity index (χ4v) is 6.08.